The molecule has 1 heterocycles. The van der Waals surface area contributed by atoms with Gasteiger partial charge in [0.15, 0.2) is 0 Å². The van der Waals surface area contributed by atoms with Gasteiger partial charge in [0.05, 0.1) is 17.0 Å². The number of piperidine rings is 1. The van der Waals surface area contributed by atoms with Gasteiger partial charge in [0, 0.05) is 13.1 Å². The van der Waals surface area contributed by atoms with E-state index in [0.29, 0.717) is 18.2 Å². The fourth-order valence-electron chi connectivity index (χ4n) is 3.32. The Morgan fingerprint density at radius 2 is 1.85 bits per heavy atom. The first-order valence-corrected chi connectivity index (χ1v) is 10.9. The Morgan fingerprint density at radius 3 is 2.48 bits per heavy atom. The molecule has 0 saturated carbocycles. The van der Waals surface area contributed by atoms with Crippen LogP contribution in [0.5, 0.6) is 5.75 Å². The van der Waals surface area contributed by atoms with Crippen LogP contribution in [0.2, 0.25) is 5.02 Å². The Labute approximate surface area is 166 Å². The number of hydrogen-bond donors (Lipinski definition) is 1. The van der Waals surface area contributed by atoms with E-state index in [4.69, 9.17) is 16.3 Å². The second kappa shape index (κ2) is 9.06. The molecule has 3 rings (SSSR count). The molecule has 0 atom stereocenters. The Hall–Kier alpha value is -1.60. The third-order valence-electron chi connectivity index (χ3n) is 4.95. The van der Waals surface area contributed by atoms with E-state index < -0.39 is 10.0 Å². The summed E-state index contributed by atoms with van der Waals surface area (Å²) in [6.45, 7) is 3.36. The number of halogens is 1. The van der Waals surface area contributed by atoms with Crippen molar-refractivity contribution in [3.05, 3.63) is 59.1 Å². The monoisotopic (exact) mass is 408 g/mol. The molecule has 0 amide bonds. The number of benzene rings is 2. The van der Waals surface area contributed by atoms with Gasteiger partial charge in [0.1, 0.15) is 5.75 Å². The van der Waals surface area contributed by atoms with Crippen LogP contribution in [-0.2, 0) is 16.6 Å². The van der Waals surface area contributed by atoms with Gasteiger partial charge in [-0.2, -0.15) is 0 Å². The lowest BCUT2D eigenvalue weighted by atomic mass is 9.97. The fourth-order valence-corrected chi connectivity index (χ4v) is 4.78. The fraction of sp³-hybridized carbons (Fsp3) is 0.400. The van der Waals surface area contributed by atoms with Crippen LogP contribution in [0.15, 0.2) is 53.4 Å². The molecule has 2 aromatic carbocycles. The van der Waals surface area contributed by atoms with Crippen molar-refractivity contribution in [1.82, 2.24) is 9.62 Å². The highest BCUT2D eigenvalue weighted by atomic mass is 35.5. The number of nitrogens with zero attached hydrogens (tertiary/aromatic N) is 1. The number of sulfonamides is 1. The van der Waals surface area contributed by atoms with Crippen LogP contribution >= 0.6 is 11.6 Å². The van der Waals surface area contributed by atoms with Crippen molar-refractivity contribution < 1.29 is 13.2 Å². The van der Waals surface area contributed by atoms with Gasteiger partial charge in [-0.3, -0.25) is 4.90 Å². The number of hydrogen-bond acceptors (Lipinski definition) is 4. The van der Waals surface area contributed by atoms with Crippen molar-refractivity contribution in [2.75, 3.05) is 26.7 Å². The molecule has 0 aromatic heterocycles. The highest BCUT2D eigenvalue weighted by Gasteiger charge is 2.22. The standard InChI is InChI=1S/C20H25ClN2O3S/c1-26-20-8-7-18(13-19(20)21)27(24,25)22-14-16-9-11-23(12-10-16)15-17-5-3-2-4-6-17/h2-8,13,16,22H,9-12,14-15H2,1H3. The zero-order valence-electron chi connectivity index (χ0n) is 15.4. The highest BCUT2D eigenvalue weighted by Crippen LogP contribution is 2.27. The van der Waals surface area contributed by atoms with Crippen LogP contribution in [0.3, 0.4) is 0 Å². The molecule has 1 aliphatic heterocycles. The lowest BCUT2D eigenvalue weighted by molar-refractivity contribution is 0.178. The van der Waals surface area contributed by atoms with E-state index in [1.807, 2.05) is 6.07 Å². The quantitative estimate of drug-likeness (QED) is 0.761. The molecule has 0 unspecified atom stereocenters. The van der Waals surface area contributed by atoms with Crippen LogP contribution in [0.25, 0.3) is 0 Å². The van der Waals surface area contributed by atoms with Gasteiger partial charge >= 0.3 is 0 Å². The molecule has 146 valence electrons. The van der Waals surface area contributed by atoms with E-state index in [-0.39, 0.29) is 9.92 Å². The third kappa shape index (κ3) is 5.45. The number of likely N-dealkylation sites (tertiary alicyclic amines) is 1. The molecule has 7 heteroatoms. The maximum atomic E-state index is 12.5. The number of rotatable bonds is 7. The predicted octanol–water partition coefficient (Wildman–Crippen LogP) is 3.54. The van der Waals surface area contributed by atoms with E-state index in [9.17, 15) is 8.42 Å². The van der Waals surface area contributed by atoms with Gasteiger partial charge in [0.2, 0.25) is 10.0 Å². The Kier molecular flexibility index (Phi) is 6.76. The molecule has 0 aliphatic carbocycles. The van der Waals surface area contributed by atoms with Gasteiger partial charge < -0.3 is 4.74 Å². The predicted molar refractivity (Wildman–Crippen MR) is 108 cm³/mol. The molecule has 2 aromatic rings. The third-order valence-corrected chi connectivity index (χ3v) is 6.67. The summed E-state index contributed by atoms with van der Waals surface area (Å²) in [5.41, 5.74) is 1.31. The topological polar surface area (TPSA) is 58.6 Å². The number of nitrogens with one attached hydrogen (secondary N) is 1. The summed E-state index contributed by atoms with van der Waals surface area (Å²) < 4.78 is 32.8. The Bertz CT molecular complexity index is 851. The molecule has 1 N–H and O–H groups in total. The first-order chi connectivity index (χ1) is 13.0. The van der Waals surface area contributed by atoms with Crippen molar-refractivity contribution in [1.29, 1.82) is 0 Å². The minimum absolute atomic E-state index is 0.162. The first-order valence-electron chi connectivity index (χ1n) is 9.07. The second-order valence-corrected chi connectivity index (χ2v) is 9.03. The number of methoxy groups -OCH3 is 1. The minimum atomic E-state index is -3.57. The molecule has 0 spiro atoms. The summed E-state index contributed by atoms with van der Waals surface area (Å²) in [4.78, 5) is 2.58. The van der Waals surface area contributed by atoms with Crippen molar-refractivity contribution in [3.63, 3.8) is 0 Å². The van der Waals surface area contributed by atoms with Gasteiger partial charge in [0.25, 0.3) is 0 Å². The Morgan fingerprint density at radius 1 is 1.15 bits per heavy atom. The summed E-state index contributed by atoms with van der Waals surface area (Å²) in [7, 11) is -2.08. The summed E-state index contributed by atoms with van der Waals surface area (Å²) in [6, 6.07) is 14.9. The van der Waals surface area contributed by atoms with E-state index in [1.165, 1.54) is 24.8 Å². The summed E-state index contributed by atoms with van der Waals surface area (Å²) in [5, 5.41) is 0.287. The number of ether oxygens (including phenoxy) is 1. The smallest absolute Gasteiger partial charge is 0.240 e. The largest absolute Gasteiger partial charge is 0.495 e. The highest BCUT2D eigenvalue weighted by molar-refractivity contribution is 7.89. The SMILES string of the molecule is COc1ccc(S(=O)(=O)NCC2CCN(Cc3ccccc3)CC2)cc1Cl. The maximum Gasteiger partial charge on any atom is 0.240 e. The normalized spacial score (nSPS) is 16.4. The maximum absolute atomic E-state index is 12.5. The van der Waals surface area contributed by atoms with Crippen LogP contribution in [0.4, 0.5) is 0 Å². The molecule has 1 aliphatic rings. The van der Waals surface area contributed by atoms with E-state index in [0.717, 1.165) is 32.5 Å². The molecule has 5 nitrogen and oxygen atoms in total. The van der Waals surface area contributed by atoms with Crippen molar-refractivity contribution in [2.45, 2.75) is 24.3 Å². The zero-order chi connectivity index (χ0) is 19.3. The zero-order valence-corrected chi connectivity index (χ0v) is 17.0. The molecular weight excluding hydrogens is 384 g/mol. The van der Waals surface area contributed by atoms with Crippen LogP contribution in [0.1, 0.15) is 18.4 Å². The first kappa shape index (κ1) is 20.1. The molecule has 1 fully saturated rings. The molecule has 27 heavy (non-hydrogen) atoms. The van der Waals surface area contributed by atoms with Crippen LogP contribution in [-0.4, -0.2) is 40.1 Å². The lowest BCUT2D eigenvalue weighted by Crippen LogP contribution is -2.38. The van der Waals surface area contributed by atoms with Gasteiger partial charge in [-0.25, -0.2) is 13.1 Å². The van der Waals surface area contributed by atoms with E-state index in [2.05, 4.69) is 33.9 Å². The van der Waals surface area contributed by atoms with Crippen LogP contribution < -0.4 is 9.46 Å². The average molecular weight is 409 g/mol. The summed E-state index contributed by atoms with van der Waals surface area (Å²) in [6.07, 6.45) is 1.97. The van der Waals surface area contributed by atoms with Crippen molar-refractivity contribution >= 4 is 21.6 Å². The Balaban J connectivity index is 1.50. The van der Waals surface area contributed by atoms with Gasteiger partial charge in [-0.1, -0.05) is 41.9 Å². The van der Waals surface area contributed by atoms with Crippen LogP contribution in [0, 0.1) is 5.92 Å². The van der Waals surface area contributed by atoms with Gasteiger partial charge in [-0.15, -0.1) is 0 Å². The second-order valence-electron chi connectivity index (χ2n) is 6.85. The molecule has 0 bridgehead atoms. The van der Waals surface area contributed by atoms with E-state index >= 15 is 0 Å². The summed E-state index contributed by atoms with van der Waals surface area (Å²) in [5.74, 6) is 0.807. The van der Waals surface area contributed by atoms with Crippen molar-refractivity contribution in [3.8, 4) is 5.75 Å². The van der Waals surface area contributed by atoms with E-state index in [1.54, 1.807) is 6.07 Å². The summed E-state index contributed by atoms with van der Waals surface area (Å²) >= 11 is 6.04. The minimum Gasteiger partial charge on any atom is -0.495 e. The molecule has 0 radical (unpaired) electrons. The molecule has 1 saturated heterocycles. The lowest BCUT2D eigenvalue weighted by Gasteiger charge is -2.32. The van der Waals surface area contributed by atoms with Gasteiger partial charge in [-0.05, 0) is 55.6 Å². The molecular formula is C20H25ClN2O3S. The van der Waals surface area contributed by atoms with Crippen molar-refractivity contribution in [2.24, 2.45) is 5.92 Å². The average Bonchev–Trinajstić information content (AvgIpc) is 2.68.